The third-order valence-electron chi connectivity index (χ3n) is 6.18. The fourth-order valence-corrected chi connectivity index (χ4v) is 4.72. The molecule has 0 unspecified atom stereocenters. The van der Waals surface area contributed by atoms with E-state index in [1.807, 2.05) is 0 Å². The van der Waals surface area contributed by atoms with Gasteiger partial charge < -0.3 is 27.9 Å². The summed E-state index contributed by atoms with van der Waals surface area (Å²) >= 11 is 0. The molecule has 9 heteroatoms. The quantitative estimate of drug-likeness (QED) is 0.575. The molecule has 5 rings (SSSR count). The molecule has 150 valence electrons. The number of hydrogen-bond donors (Lipinski definition) is 0. The maximum Gasteiger partial charge on any atom is 0.457 e. The van der Waals surface area contributed by atoms with Crippen LogP contribution < -0.4 is 0 Å². The van der Waals surface area contributed by atoms with Crippen LogP contribution in [0, 0.1) is 0 Å². The highest BCUT2D eigenvalue weighted by Crippen LogP contribution is 2.44. The minimum absolute atomic E-state index is 0.133. The van der Waals surface area contributed by atoms with Gasteiger partial charge in [-0.2, -0.15) is 0 Å². The van der Waals surface area contributed by atoms with E-state index in [-0.39, 0.29) is 58.0 Å². The Morgan fingerprint density at radius 1 is 0.444 bits per heavy atom. The molecule has 6 bridgehead atoms. The number of rotatable bonds is 9. The second-order valence-corrected chi connectivity index (χ2v) is 8.32. The number of unbranched alkanes of at least 4 members (excludes halogenated alkanes) is 3. The van der Waals surface area contributed by atoms with Gasteiger partial charge in [-0.15, -0.1) is 0 Å². The normalized spacial score (nSPS) is 37.7. The molecule has 4 saturated heterocycles. The summed E-state index contributed by atoms with van der Waals surface area (Å²) in [5, 5.41) is 0. The summed E-state index contributed by atoms with van der Waals surface area (Å²) in [4.78, 5) is 0. The summed E-state index contributed by atoms with van der Waals surface area (Å²) in [5.74, 6) is 0. The average molecular weight is 378 g/mol. The van der Waals surface area contributed by atoms with Crippen molar-refractivity contribution in [2.24, 2.45) is 0 Å². The van der Waals surface area contributed by atoms with Crippen molar-refractivity contribution in [3.63, 3.8) is 0 Å². The van der Waals surface area contributed by atoms with Gasteiger partial charge in [0.1, 0.15) is 0 Å². The smallest absolute Gasteiger partial charge is 0.403 e. The summed E-state index contributed by atoms with van der Waals surface area (Å²) in [7, 11) is -0.617. The van der Waals surface area contributed by atoms with Crippen molar-refractivity contribution in [3.8, 4) is 0 Å². The van der Waals surface area contributed by atoms with Crippen LogP contribution in [0.4, 0.5) is 0 Å². The third-order valence-corrected chi connectivity index (χ3v) is 6.18. The van der Waals surface area contributed by atoms with Crippen LogP contribution in [0.1, 0.15) is 59.3 Å². The molecule has 0 spiro atoms. The molecule has 0 atom stereocenters. The molecular weight excluding hydrogens is 345 g/mol. The molecule has 4 heterocycles. The van der Waals surface area contributed by atoms with E-state index in [2.05, 4.69) is 20.8 Å². The van der Waals surface area contributed by atoms with E-state index in [9.17, 15) is 0 Å². The van der Waals surface area contributed by atoms with E-state index in [0.29, 0.717) is 0 Å². The Morgan fingerprint density at radius 3 is 0.852 bits per heavy atom. The zero-order valence-electron chi connectivity index (χ0n) is 17.0. The van der Waals surface area contributed by atoms with E-state index in [0.717, 1.165) is 57.5 Å². The lowest BCUT2D eigenvalue weighted by Crippen LogP contribution is -2.74. The van der Waals surface area contributed by atoms with Crippen molar-refractivity contribution in [1.29, 1.82) is 0 Å². The molecule has 1 aliphatic carbocycles. The lowest BCUT2D eigenvalue weighted by molar-refractivity contribution is -0.226. The van der Waals surface area contributed by atoms with E-state index < -0.39 is 0 Å². The van der Waals surface area contributed by atoms with Crippen LogP contribution in [0.3, 0.4) is 0 Å². The molecule has 0 N–H and O–H groups in total. The van der Waals surface area contributed by atoms with Gasteiger partial charge in [-0.1, -0.05) is 59.3 Å². The summed E-state index contributed by atoms with van der Waals surface area (Å²) in [6.07, 6.45) is 8.44. The monoisotopic (exact) mass is 378 g/mol. The van der Waals surface area contributed by atoms with Gasteiger partial charge in [-0.25, -0.2) is 0 Å². The first-order valence-corrected chi connectivity index (χ1v) is 11.2. The molecule has 0 amide bonds. The predicted molar refractivity (Wildman–Crippen MR) is 106 cm³/mol. The molecule has 5 fully saturated rings. The lowest BCUT2D eigenvalue weighted by Gasteiger charge is -2.55. The molecule has 6 nitrogen and oxygen atoms in total. The Balaban J connectivity index is 1.53. The zero-order chi connectivity index (χ0) is 18.8. The number of fused-ring (bicyclic) bond motifs is 2. The fraction of sp³-hybridized carbons (Fsp3) is 1.00. The fourth-order valence-electron chi connectivity index (χ4n) is 4.72. The second-order valence-electron chi connectivity index (χ2n) is 8.32. The molecule has 27 heavy (non-hydrogen) atoms. The van der Waals surface area contributed by atoms with Gasteiger partial charge in [0.2, 0.25) is 0 Å². The molecule has 4 aliphatic heterocycles. The Labute approximate surface area is 164 Å². The molecule has 1 saturated carbocycles. The van der Waals surface area contributed by atoms with Crippen LogP contribution in [-0.2, 0) is 27.9 Å². The van der Waals surface area contributed by atoms with Crippen LogP contribution in [-0.4, -0.2) is 58.0 Å². The SMILES string of the molecule is CCCCB1OC2[C@H]3OB(CCCC)O[C@@H]2[C@@H]2OB(CCCC)O[C@H]3C2O1. The Kier molecular flexibility index (Phi) is 6.88. The topological polar surface area (TPSA) is 55.4 Å². The highest BCUT2D eigenvalue weighted by atomic mass is 16.7. The van der Waals surface area contributed by atoms with Crippen molar-refractivity contribution in [3.05, 3.63) is 0 Å². The molecule has 0 radical (unpaired) electrons. The van der Waals surface area contributed by atoms with Crippen LogP contribution >= 0.6 is 0 Å². The van der Waals surface area contributed by atoms with Gasteiger partial charge in [0.05, 0.1) is 36.6 Å². The lowest BCUT2D eigenvalue weighted by atomic mass is 9.70. The molecule has 5 aliphatic rings. The van der Waals surface area contributed by atoms with Gasteiger partial charge in [0.15, 0.2) is 0 Å². The van der Waals surface area contributed by atoms with Gasteiger partial charge in [0, 0.05) is 0 Å². The number of hydrogen-bond acceptors (Lipinski definition) is 6. The van der Waals surface area contributed by atoms with Crippen LogP contribution in [0.25, 0.3) is 0 Å². The summed E-state index contributed by atoms with van der Waals surface area (Å²) < 4.78 is 38.1. The molecule has 0 aromatic heterocycles. The first kappa shape index (κ1) is 20.2. The van der Waals surface area contributed by atoms with Gasteiger partial charge in [-0.3, -0.25) is 0 Å². The Hall–Kier alpha value is -0.0452. The van der Waals surface area contributed by atoms with Crippen molar-refractivity contribution < 1.29 is 27.9 Å². The molecule has 0 aromatic carbocycles. The highest BCUT2D eigenvalue weighted by molar-refractivity contribution is 6.47. The van der Waals surface area contributed by atoms with Crippen LogP contribution in [0.2, 0.25) is 19.0 Å². The minimum Gasteiger partial charge on any atom is -0.403 e. The summed E-state index contributed by atoms with van der Waals surface area (Å²) in [6, 6.07) is 0. The maximum absolute atomic E-state index is 6.36. The van der Waals surface area contributed by atoms with Crippen molar-refractivity contribution in [2.45, 2.75) is 115 Å². The largest absolute Gasteiger partial charge is 0.457 e. The Morgan fingerprint density at radius 2 is 0.667 bits per heavy atom. The standard InChI is InChI=1S/C18H33B3O6/c1-4-7-10-19-22-13-15-18-16(25-20(24-15)11-8-5-2)14(23-19)17(13)26-21(27-18)12-9-6-3/h13-18H,4-12H2,1-3H3/t13-,14+,15+,16-,17?,18?. The zero-order valence-corrected chi connectivity index (χ0v) is 17.0. The van der Waals surface area contributed by atoms with E-state index >= 15 is 0 Å². The molecule has 0 aromatic rings. The predicted octanol–water partition coefficient (Wildman–Crippen LogP) is 3.22. The second kappa shape index (κ2) is 9.18. The first-order valence-electron chi connectivity index (χ1n) is 11.2. The summed E-state index contributed by atoms with van der Waals surface area (Å²) in [6.45, 7) is 6.56. The Bertz CT molecular complexity index is 424. The summed E-state index contributed by atoms with van der Waals surface area (Å²) in [5.41, 5.74) is 0. The van der Waals surface area contributed by atoms with Gasteiger partial charge in [0.25, 0.3) is 0 Å². The van der Waals surface area contributed by atoms with Crippen LogP contribution in [0.15, 0.2) is 0 Å². The van der Waals surface area contributed by atoms with Crippen molar-refractivity contribution in [1.82, 2.24) is 0 Å². The van der Waals surface area contributed by atoms with E-state index in [1.54, 1.807) is 0 Å². The van der Waals surface area contributed by atoms with Gasteiger partial charge >= 0.3 is 21.4 Å². The molecular formula is C18H33B3O6. The highest BCUT2D eigenvalue weighted by Gasteiger charge is 2.64. The maximum atomic E-state index is 6.36. The first-order chi connectivity index (χ1) is 13.2. The van der Waals surface area contributed by atoms with Crippen molar-refractivity contribution >= 4 is 21.4 Å². The van der Waals surface area contributed by atoms with E-state index in [1.165, 1.54) is 0 Å². The van der Waals surface area contributed by atoms with Crippen molar-refractivity contribution in [2.75, 3.05) is 0 Å². The average Bonchev–Trinajstić information content (AvgIpc) is 2.94. The third kappa shape index (κ3) is 4.14. The van der Waals surface area contributed by atoms with Gasteiger partial charge in [-0.05, 0) is 19.0 Å². The van der Waals surface area contributed by atoms with E-state index in [4.69, 9.17) is 27.9 Å². The minimum atomic E-state index is -0.223. The van der Waals surface area contributed by atoms with Crippen LogP contribution in [0.5, 0.6) is 0 Å².